The van der Waals surface area contributed by atoms with E-state index in [2.05, 4.69) is 6.58 Å². The number of ether oxygens (including phenoxy) is 1. The fraction of sp³-hybridized carbons (Fsp3) is 0.273. The second kappa shape index (κ2) is 4.96. The number of rotatable bonds is 4. The Labute approximate surface area is 87.1 Å². The molecule has 0 aliphatic heterocycles. The molecule has 1 rings (SSSR count). The van der Waals surface area contributed by atoms with Gasteiger partial charge in [-0.2, -0.15) is 0 Å². The Bertz CT molecular complexity index is 358. The third-order valence-corrected chi connectivity index (χ3v) is 3.27. The van der Waals surface area contributed by atoms with Crippen LogP contribution in [0.3, 0.4) is 0 Å². The molecular weight excluding hydrogens is 196 g/mol. The fourth-order valence-electron chi connectivity index (χ4n) is 1.11. The Hall–Kier alpha value is -1.09. The Morgan fingerprint density at radius 2 is 2.14 bits per heavy atom. The van der Waals surface area contributed by atoms with Crippen molar-refractivity contribution in [2.75, 3.05) is 12.9 Å². The maximum Gasteiger partial charge on any atom is 0.134 e. The zero-order chi connectivity index (χ0) is 10.6. The van der Waals surface area contributed by atoms with Crippen LogP contribution in [0.4, 0.5) is 0 Å². The van der Waals surface area contributed by atoms with Gasteiger partial charge in [0.25, 0.3) is 0 Å². The summed E-state index contributed by atoms with van der Waals surface area (Å²) in [4.78, 5) is 0.734. The van der Waals surface area contributed by atoms with Crippen LogP contribution >= 0.6 is 0 Å². The first-order chi connectivity index (χ1) is 6.65. The van der Waals surface area contributed by atoms with E-state index in [4.69, 9.17) is 4.74 Å². The second-order valence-corrected chi connectivity index (χ2v) is 4.52. The van der Waals surface area contributed by atoms with Gasteiger partial charge in [0.15, 0.2) is 0 Å². The van der Waals surface area contributed by atoms with Gasteiger partial charge < -0.3 is 4.74 Å². The maximum absolute atomic E-state index is 11.8. The van der Waals surface area contributed by atoms with E-state index < -0.39 is 10.8 Å². The number of methoxy groups -OCH3 is 1. The van der Waals surface area contributed by atoms with Crippen molar-refractivity contribution in [3.63, 3.8) is 0 Å². The van der Waals surface area contributed by atoms with Crippen LogP contribution in [0.5, 0.6) is 5.75 Å². The van der Waals surface area contributed by atoms with E-state index in [1.54, 1.807) is 7.11 Å². The molecule has 0 bridgehead atoms. The topological polar surface area (TPSA) is 26.3 Å². The highest BCUT2D eigenvalue weighted by atomic mass is 32.2. The minimum atomic E-state index is -1.05. The van der Waals surface area contributed by atoms with E-state index in [1.165, 1.54) is 0 Å². The van der Waals surface area contributed by atoms with Gasteiger partial charge in [0.05, 0.1) is 22.8 Å². The van der Waals surface area contributed by atoms with Crippen LogP contribution in [0.2, 0.25) is 0 Å². The average Bonchev–Trinajstić information content (AvgIpc) is 2.16. The molecule has 0 spiro atoms. The predicted molar refractivity (Wildman–Crippen MR) is 59.1 cm³/mol. The molecule has 0 N–H and O–H groups in total. The van der Waals surface area contributed by atoms with E-state index >= 15 is 0 Å². The van der Waals surface area contributed by atoms with Crippen LogP contribution in [0.15, 0.2) is 41.3 Å². The van der Waals surface area contributed by atoms with Gasteiger partial charge in [-0.3, -0.25) is 4.21 Å². The normalized spacial score (nSPS) is 12.1. The first-order valence-corrected chi connectivity index (χ1v) is 5.63. The van der Waals surface area contributed by atoms with Gasteiger partial charge in [0.2, 0.25) is 0 Å². The summed E-state index contributed by atoms with van der Waals surface area (Å²) in [6.07, 6.45) is 0. The van der Waals surface area contributed by atoms with Crippen molar-refractivity contribution in [3.8, 4) is 5.75 Å². The van der Waals surface area contributed by atoms with Gasteiger partial charge in [-0.15, -0.1) is 0 Å². The molecule has 0 aliphatic carbocycles. The van der Waals surface area contributed by atoms with Crippen molar-refractivity contribution in [1.82, 2.24) is 0 Å². The molecule has 0 radical (unpaired) electrons. The van der Waals surface area contributed by atoms with Crippen molar-refractivity contribution < 1.29 is 8.95 Å². The molecule has 2 nitrogen and oxygen atoms in total. The molecule has 1 atom stereocenters. The lowest BCUT2D eigenvalue weighted by Crippen LogP contribution is -2.00. The number of benzene rings is 1. The maximum atomic E-state index is 11.8. The predicted octanol–water partition coefficient (Wildman–Crippen LogP) is 2.38. The van der Waals surface area contributed by atoms with Gasteiger partial charge >= 0.3 is 0 Å². The highest BCUT2D eigenvalue weighted by molar-refractivity contribution is 7.85. The van der Waals surface area contributed by atoms with E-state index in [-0.39, 0.29) is 0 Å². The van der Waals surface area contributed by atoms with Crippen LogP contribution in [-0.4, -0.2) is 17.1 Å². The summed E-state index contributed by atoms with van der Waals surface area (Å²) in [6.45, 7) is 5.61. The van der Waals surface area contributed by atoms with Crippen LogP contribution < -0.4 is 4.74 Å². The molecule has 76 valence electrons. The first kappa shape index (κ1) is 11.0. The van der Waals surface area contributed by atoms with Crippen molar-refractivity contribution in [1.29, 1.82) is 0 Å². The second-order valence-electron chi connectivity index (χ2n) is 3.10. The number of hydrogen-bond donors (Lipinski definition) is 0. The largest absolute Gasteiger partial charge is 0.495 e. The molecule has 14 heavy (non-hydrogen) atoms. The van der Waals surface area contributed by atoms with Crippen LogP contribution in [0.1, 0.15) is 6.92 Å². The molecule has 0 aromatic heterocycles. The van der Waals surface area contributed by atoms with Crippen LogP contribution in [0, 0.1) is 0 Å². The molecule has 0 saturated heterocycles. The summed E-state index contributed by atoms with van der Waals surface area (Å²) in [7, 11) is 0.531. The first-order valence-electron chi connectivity index (χ1n) is 4.31. The molecule has 1 aromatic rings. The van der Waals surface area contributed by atoms with E-state index in [9.17, 15) is 4.21 Å². The highest BCUT2D eigenvalue weighted by Crippen LogP contribution is 2.21. The molecule has 0 fully saturated rings. The monoisotopic (exact) mass is 210 g/mol. The summed E-state index contributed by atoms with van der Waals surface area (Å²) in [5.41, 5.74) is 0.911. The molecule has 0 aliphatic rings. The summed E-state index contributed by atoms with van der Waals surface area (Å²) in [6, 6.07) is 7.35. The Kier molecular flexibility index (Phi) is 3.89. The number of hydrogen-bond acceptors (Lipinski definition) is 2. The van der Waals surface area contributed by atoms with E-state index in [1.807, 2.05) is 31.2 Å². The quantitative estimate of drug-likeness (QED) is 0.713. The Morgan fingerprint density at radius 3 is 2.71 bits per heavy atom. The average molecular weight is 210 g/mol. The van der Waals surface area contributed by atoms with Crippen molar-refractivity contribution >= 4 is 10.8 Å². The van der Waals surface area contributed by atoms with Gasteiger partial charge in [0.1, 0.15) is 5.75 Å². The third kappa shape index (κ3) is 2.70. The van der Waals surface area contributed by atoms with E-state index in [0.29, 0.717) is 11.5 Å². The third-order valence-electron chi connectivity index (χ3n) is 1.69. The Morgan fingerprint density at radius 1 is 1.50 bits per heavy atom. The van der Waals surface area contributed by atoms with Crippen molar-refractivity contribution in [2.45, 2.75) is 11.8 Å². The molecule has 3 heteroatoms. The lowest BCUT2D eigenvalue weighted by atomic mass is 10.3. The highest BCUT2D eigenvalue weighted by Gasteiger charge is 2.09. The lowest BCUT2D eigenvalue weighted by molar-refractivity contribution is 0.404. The summed E-state index contributed by atoms with van der Waals surface area (Å²) in [5, 5.41) is 0. The Balaban J connectivity index is 2.94. The summed E-state index contributed by atoms with van der Waals surface area (Å²) >= 11 is 0. The van der Waals surface area contributed by atoms with Crippen LogP contribution in [-0.2, 0) is 10.8 Å². The molecule has 0 heterocycles. The fourth-order valence-corrected chi connectivity index (χ4v) is 2.32. The number of para-hydroxylation sites is 1. The van der Waals surface area contributed by atoms with Gasteiger partial charge in [-0.1, -0.05) is 24.3 Å². The standard InChI is InChI=1S/C11H14O2S/c1-9(2)8-14(12)11-7-5-4-6-10(11)13-3/h4-7H,1,8H2,2-3H3. The van der Waals surface area contributed by atoms with Crippen LogP contribution in [0.25, 0.3) is 0 Å². The van der Waals surface area contributed by atoms with Crippen molar-refractivity contribution in [2.24, 2.45) is 0 Å². The SMILES string of the molecule is C=C(C)CS(=O)c1ccccc1OC. The summed E-state index contributed by atoms with van der Waals surface area (Å²) < 4.78 is 16.9. The van der Waals surface area contributed by atoms with Gasteiger partial charge in [-0.25, -0.2) is 0 Å². The van der Waals surface area contributed by atoms with Crippen molar-refractivity contribution in [3.05, 3.63) is 36.4 Å². The summed E-state index contributed by atoms with van der Waals surface area (Å²) in [5.74, 6) is 1.16. The van der Waals surface area contributed by atoms with E-state index in [0.717, 1.165) is 10.5 Å². The smallest absolute Gasteiger partial charge is 0.134 e. The minimum Gasteiger partial charge on any atom is -0.495 e. The molecule has 0 saturated carbocycles. The van der Waals surface area contributed by atoms with Gasteiger partial charge in [0, 0.05) is 5.75 Å². The lowest BCUT2D eigenvalue weighted by Gasteiger charge is -2.07. The minimum absolute atomic E-state index is 0.486. The molecule has 1 aromatic carbocycles. The zero-order valence-electron chi connectivity index (χ0n) is 8.45. The molecule has 0 amide bonds. The van der Waals surface area contributed by atoms with Gasteiger partial charge in [-0.05, 0) is 19.1 Å². The molecule has 1 unspecified atom stereocenters. The molecular formula is C11H14O2S. The zero-order valence-corrected chi connectivity index (χ0v) is 9.26.